The molecule has 0 aliphatic heterocycles. The highest BCUT2D eigenvalue weighted by Crippen LogP contribution is 2.16. The van der Waals surface area contributed by atoms with E-state index in [1.54, 1.807) is 12.1 Å². The molecule has 4 unspecified atom stereocenters. The van der Waals surface area contributed by atoms with Gasteiger partial charge in [0.05, 0.1) is 50.8 Å². The van der Waals surface area contributed by atoms with Crippen molar-refractivity contribution in [2.24, 2.45) is 11.8 Å². The first-order chi connectivity index (χ1) is 22.4. The van der Waals surface area contributed by atoms with Crippen LogP contribution in [0.25, 0.3) is 0 Å². The van der Waals surface area contributed by atoms with Crippen molar-refractivity contribution in [1.29, 1.82) is 0 Å². The van der Waals surface area contributed by atoms with Crippen molar-refractivity contribution in [1.82, 2.24) is 0 Å². The lowest BCUT2D eigenvalue weighted by molar-refractivity contribution is -0.177. The quantitative estimate of drug-likeness (QED) is 0.0479. The van der Waals surface area contributed by atoms with Gasteiger partial charge in [-0.3, -0.25) is 0 Å². The number of rotatable bonds is 30. The highest BCUT2D eigenvalue weighted by Gasteiger charge is 2.20. The second-order valence-electron chi connectivity index (χ2n) is 11.2. The Hall–Kier alpha value is -2.08. The zero-order chi connectivity index (χ0) is 33.8. The number of hydrogen-bond acceptors (Lipinski definition) is 10. The van der Waals surface area contributed by atoms with Gasteiger partial charge in [0.1, 0.15) is 13.2 Å². The Bertz CT molecular complexity index is 824. The summed E-state index contributed by atoms with van der Waals surface area (Å²) in [5.41, 5.74) is 0.250. The molecule has 1 aromatic rings. The molecular weight excluding hydrogens is 592 g/mol. The predicted molar refractivity (Wildman–Crippen MR) is 178 cm³/mol. The molecule has 10 heteroatoms. The molecule has 0 saturated heterocycles. The molecule has 0 bridgehead atoms. The summed E-state index contributed by atoms with van der Waals surface area (Å²) in [6.07, 6.45) is 8.13. The van der Waals surface area contributed by atoms with Crippen LogP contribution in [0, 0.1) is 11.8 Å². The molecule has 0 spiro atoms. The van der Waals surface area contributed by atoms with Gasteiger partial charge in [0, 0.05) is 13.2 Å². The molecule has 266 valence electrons. The van der Waals surface area contributed by atoms with Crippen molar-refractivity contribution < 1.29 is 47.5 Å². The lowest BCUT2D eigenvalue weighted by Gasteiger charge is -2.21. The van der Waals surface area contributed by atoms with Gasteiger partial charge in [0.25, 0.3) is 0 Å². The molecular formula is C36H62O10. The van der Waals surface area contributed by atoms with Crippen LogP contribution in [0.1, 0.15) is 114 Å². The summed E-state index contributed by atoms with van der Waals surface area (Å²) in [5.74, 6) is -0.274. The maximum absolute atomic E-state index is 12.8. The van der Waals surface area contributed by atoms with Gasteiger partial charge in [-0.2, -0.15) is 0 Å². The number of unbranched alkanes of at least 4 members (excludes halogenated alkanes) is 2. The molecule has 1 rings (SSSR count). The summed E-state index contributed by atoms with van der Waals surface area (Å²) < 4.78 is 45.3. The average Bonchev–Trinajstić information content (AvgIpc) is 3.07. The minimum atomic E-state index is -0.632. The Kier molecular flexibility index (Phi) is 25.5. The highest BCUT2D eigenvalue weighted by molar-refractivity contribution is 6.03. The van der Waals surface area contributed by atoms with Gasteiger partial charge in [-0.05, 0) is 50.7 Å². The Morgan fingerprint density at radius 2 is 0.978 bits per heavy atom. The van der Waals surface area contributed by atoms with Gasteiger partial charge in [-0.25, -0.2) is 9.59 Å². The summed E-state index contributed by atoms with van der Waals surface area (Å²) >= 11 is 0. The number of benzene rings is 1. The van der Waals surface area contributed by atoms with Gasteiger partial charge in [-0.1, -0.05) is 78.4 Å². The lowest BCUT2D eigenvalue weighted by Crippen LogP contribution is -2.27. The van der Waals surface area contributed by atoms with Crippen LogP contribution in [0.4, 0.5) is 0 Å². The third-order valence-corrected chi connectivity index (χ3v) is 7.62. The fourth-order valence-electron chi connectivity index (χ4n) is 4.68. The van der Waals surface area contributed by atoms with E-state index in [0.717, 1.165) is 25.7 Å². The number of ether oxygens (including phenoxy) is 8. The molecule has 10 nitrogen and oxygen atoms in total. The van der Waals surface area contributed by atoms with Crippen molar-refractivity contribution in [3.63, 3.8) is 0 Å². The molecule has 1 aromatic carbocycles. The zero-order valence-electron chi connectivity index (χ0n) is 29.4. The Morgan fingerprint density at radius 3 is 1.33 bits per heavy atom. The SMILES string of the molecule is CCCCC(CC)COC(COCCOC(=O)c1ccccc1C(=O)OCCOCC(OCC)OCC(CC)CCCC)OCC. The molecule has 0 N–H and O–H groups in total. The average molecular weight is 655 g/mol. The number of hydrogen-bond donors (Lipinski definition) is 0. The second kappa shape index (κ2) is 28.0. The molecule has 46 heavy (non-hydrogen) atoms. The Morgan fingerprint density at radius 1 is 0.565 bits per heavy atom. The van der Waals surface area contributed by atoms with E-state index in [-0.39, 0.29) is 50.8 Å². The van der Waals surface area contributed by atoms with Crippen LogP contribution < -0.4 is 0 Å². The monoisotopic (exact) mass is 654 g/mol. The van der Waals surface area contributed by atoms with Crippen LogP contribution in [0.2, 0.25) is 0 Å². The third kappa shape index (κ3) is 18.9. The van der Waals surface area contributed by atoms with Crippen molar-refractivity contribution in [3.8, 4) is 0 Å². The third-order valence-electron chi connectivity index (χ3n) is 7.62. The second-order valence-corrected chi connectivity index (χ2v) is 11.2. The van der Waals surface area contributed by atoms with Crippen molar-refractivity contribution in [2.45, 2.75) is 105 Å². The van der Waals surface area contributed by atoms with Gasteiger partial charge in [0.15, 0.2) is 12.6 Å². The summed E-state index contributed by atoms with van der Waals surface area (Å²) in [6.45, 7) is 15.6. The van der Waals surface area contributed by atoms with Gasteiger partial charge in [0.2, 0.25) is 0 Å². The van der Waals surface area contributed by atoms with Crippen molar-refractivity contribution in [2.75, 3.05) is 66.1 Å². The van der Waals surface area contributed by atoms with Crippen LogP contribution >= 0.6 is 0 Å². The predicted octanol–water partition coefficient (Wildman–Crippen LogP) is 7.22. The Balaban J connectivity index is 2.44. The van der Waals surface area contributed by atoms with Crippen LogP contribution in [-0.2, 0) is 37.9 Å². The van der Waals surface area contributed by atoms with Crippen LogP contribution in [0.15, 0.2) is 24.3 Å². The number of esters is 2. The lowest BCUT2D eigenvalue weighted by atomic mass is 10.0. The maximum atomic E-state index is 12.8. The van der Waals surface area contributed by atoms with E-state index in [1.165, 1.54) is 37.8 Å². The molecule has 0 radical (unpaired) electrons. The van der Waals surface area contributed by atoms with E-state index >= 15 is 0 Å². The smallest absolute Gasteiger partial charge is 0.339 e. The van der Waals surface area contributed by atoms with E-state index in [2.05, 4.69) is 27.7 Å². The van der Waals surface area contributed by atoms with E-state index in [0.29, 0.717) is 38.3 Å². The molecule has 0 aromatic heterocycles. The normalized spacial score (nSPS) is 14.0. The number of carbonyl (C=O) groups excluding carboxylic acids is 2. The van der Waals surface area contributed by atoms with E-state index in [4.69, 9.17) is 37.9 Å². The van der Waals surface area contributed by atoms with Gasteiger partial charge >= 0.3 is 11.9 Å². The van der Waals surface area contributed by atoms with Crippen LogP contribution in [-0.4, -0.2) is 90.6 Å². The fourth-order valence-corrected chi connectivity index (χ4v) is 4.68. The minimum absolute atomic E-state index is 0.0175. The first-order valence-corrected chi connectivity index (χ1v) is 17.5. The summed E-state index contributed by atoms with van der Waals surface area (Å²) in [5, 5.41) is 0. The van der Waals surface area contributed by atoms with Crippen molar-refractivity contribution in [3.05, 3.63) is 35.4 Å². The van der Waals surface area contributed by atoms with Gasteiger partial charge < -0.3 is 37.9 Å². The standard InChI is InChI=1S/C36H62O10/c1-7-13-17-29(9-3)25-45-33(41-11-5)27-39-21-23-43-35(37)31-19-15-16-20-32(31)36(38)44-24-22-40-28-34(42-12-6)46-26-30(10-4)18-14-8-2/h15-16,19-20,29-30,33-34H,7-14,17-18,21-28H2,1-6H3. The molecule has 0 fully saturated rings. The van der Waals surface area contributed by atoms with E-state index in [9.17, 15) is 9.59 Å². The molecule has 0 heterocycles. The van der Waals surface area contributed by atoms with E-state index in [1.807, 2.05) is 13.8 Å². The Labute approximate surface area is 278 Å². The topological polar surface area (TPSA) is 108 Å². The summed E-state index contributed by atoms with van der Waals surface area (Å²) in [7, 11) is 0. The largest absolute Gasteiger partial charge is 0.460 e. The zero-order valence-corrected chi connectivity index (χ0v) is 29.4. The van der Waals surface area contributed by atoms with Crippen LogP contribution in [0.5, 0.6) is 0 Å². The maximum Gasteiger partial charge on any atom is 0.339 e. The molecule has 0 amide bonds. The highest BCUT2D eigenvalue weighted by atomic mass is 16.7. The van der Waals surface area contributed by atoms with Crippen LogP contribution in [0.3, 0.4) is 0 Å². The first-order valence-electron chi connectivity index (χ1n) is 17.5. The number of carbonyl (C=O) groups is 2. The molecule has 0 aliphatic rings. The van der Waals surface area contributed by atoms with Gasteiger partial charge in [-0.15, -0.1) is 0 Å². The molecule has 0 aliphatic carbocycles. The summed E-state index contributed by atoms with van der Waals surface area (Å²) in [4.78, 5) is 25.6. The fraction of sp³-hybridized carbons (Fsp3) is 0.778. The minimum Gasteiger partial charge on any atom is -0.460 e. The van der Waals surface area contributed by atoms with Crippen molar-refractivity contribution >= 4 is 11.9 Å². The molecule has 0 saturated carbocycles. The van der Waals surface area contributed by atoms with E-state index < -0.39 is 24.5 Å². The summed E-state index contributed by atoms with van der Waals surface area (Å²) in [6, 6.07) is 6.40. The molecule has 4 atom stereocenters. The first kappa shape index (κ1) is 41.9.